The molecule has 1 aromatic heterocycles. The fourth-order valence-electron chi connectivity index (χ4n) is 1.60. The highest BCUT2D eigenvalue weighted by Crippen LogP contribution is 2.36. The Morgan fingerprint density at radius 3 is 2.75 bits per heavy atom. The van der Waals surface area contributed by atoms with Gasteiger partial charge >= 0.3 is 6.18 Å². The van der Waals surface area contributed by atoms with E-state index in [4.69, 9.17) is 0 Å². The molecule has 0 aliphatic carbocycles. The van der Waals surface area contributed by atoms with Crippen LogP contribution in [-0.4, -0.2) is 16.7 Å². The summed E-state index contributed by atoms with van der Waals surface area (Å²) in [4.78, 5) is 0.509. The van der Waals surface area contributed by atoms with Gasteiger partial charge in [0.15, 0.2) is 4.34 Å². The average molecular weight is 319 g/mol. The number of aromatic nitrogens is 2. The quantitative estimate of drug-likeness (QED) is 0.909. The van der Waals surface area contributed by atoms with Crippen LogP contribution >= 0.6 is 23.1 Å². The van der Waals surface area contributed by atoms with Crippen molar-refractivity contribution in [3.05, 3.63) is 34.8 Å². The van der Waals surface area contributed by atoms with Crippen LogP contribution in [0.1, 0.15) is 18.1 Å². The van der Waals surface area contributed by atoms with Gasteiger partial charge in [-0.25, -0.2) is 0 Å². The topological polar surface area (TPSA) is 37.8 Å². The first-order chi connectivity index (χ1) is 9.50. The summed E-state index contributed by atoms with van der Waals surface area (Å²) in [6.45, 7) is 2.68. The molecule has 0 radical (unpaired) electrons. The molecule has 3 nitrogen and oxygen atoms in total. The van der Waals surface area contributed by atoms with Gasteiger partial charge in [0.25, 0.3) is 0 Å². The third-order valence-corrected chi connectivity index (χ3v) is 4.26. The van der Waals surface area contributed by atoms with E-state index in [1.165, 1.54) is 35.2 Å². The van der Waals surface area contributed by atoms with Gasteiger partial charge in [-0.3, -0.25) is 0 Å². The van der Waals surface area contributed by atoms with Crippen LogP contribution in [0.15, 0.2) is 32.9 Å². The first kappa shape index (κ1) is 15.3. The van der Waals surface area contributed by atoms with Crippen molar-refractivity contribution in [1.29, 1.82) is 0 Å². The van der Waals surface area contributed by atoms with Gasteiger partial charge in [0.1, 0.15) is 5.51 Å². The van der Waals surface area contributed by atoms with E-state index in [-0.39, 0.29) is 12.1 Å². The SMILES string of the molecule is CCNCc1ccc(Sc2nncs2)cc1C(F)(F)F. The average Bonchev–Trinajstić information content (AvgIpc) is 2.89. The minimum Gasteiger partial charge on any atom is -0.313 e. The lowest BCUT2D eigenvalue weighted by Gasteiger charge is -2.14. The maximum atomic E-state index is 13.1. The summed E-state index contributed by atoms with van der Waals surface area (Å²) in [5.74, 6) is 0. The third-order valence-electron chi connectivity index (χ3n) is 2.50. The van der Waals surface area contributed by atoms with Crippen LogP contribution in [0.4, 0.5) is 13.2 Å². The molecule has 0 fully saturated rings. The normalized spacial score (nSPS) is 11.8. The van der Waals surface area contributed by atoms with Gasteiger partial charge in [-0.2, -0.15) is 13.2 Å². The molecule has 1 N–H and O–H groups in total. The van der Waals surface area contributed by atoms with Crippen molar-refractivity contribution in [2.75, 3.05) is 6.54 Å². The third kappa shape index (κ3) is 3.94. The molecule has 1 aromatic carbocycles. The van der Waals surface area contributed by atoms with E-state index in [9.17, 15) is 13.2 Å². The predicted molar refractivity (Wildman–Crippen MR) is 72.9 cm³/mol. The maximum absolute atomic E-state index is 13.1. The summed E-state index contributed by atoms with van der Waals surface area (Å²) in [6, 6.07) is 4.35. The minimum atomic E-state index is -4.36. The molecule has 0 saturated heterocycles. The molecule has 0 aliphatic heterocycles. The summed E-state index contributed by atoms with van der Waals surface area (Å²) in [5.41, 5.74) is 1.20. The number of halogens is 3. The largest absolute Gasteiger partial charge is 0.416 e. The molecule has 1 heterocycles. The minimum absolute atomic E-state index is 0.203. The van der Waals surface area contributed by atoms with Crippen molar-refractivity contribution >= 4 is 23.1 Å². The van der Waals surface area contributed by atoms with Gasteiger partial charge in [0.05, 0.1) is 5.56 Å². The molecule has 0 aliphatic rings. The maximum Gasteiger partial charge on any atom is 0.416 e. The van der Waals surface area contributed by atoms with Crippen LogP contribution in [0, 0.1) is 0 Å². The number of nitrogens with zero attached hydrogens (tertiary/aromatic N) is 2. The molecular weight excluding hydrogens is 307 g/mol. The Morgan fingerprint density at radius 2 is 2.15 bits per heavy atom. The van der Waals surface area contributed by atoms with Crippen molar-refractivity contribution in [2.45, 2.75) is 28.9 Å². The second-order valence-corrected chi connectivity index (χ2v) is 6.06. The molecular formula is C12H12F3N3S2. The molecule has 0 spiro atoms. The van der Waals surface area contributed by atoms with Crippen LogP contribution in [-0.2, 0) is 12.7 Å². The number of hydrogen-bond donors (Lipinski definition) is 1. The first-order valence-electron chi connectivity index (χ1n) is 5.85. The number of rotatable bonds is 5. The van der Waals surface area contributed by atoms with Gasteiger partial charge in [-0.15, -0.1) is 10.2 Å². The predicted octanol–water partition coefficient (Wildman–Crippen LogP) is 3.82. The Labute approximate surface area is 122 Å². The summed E-state index contributed by atoms with van der Waals surface area (Å²) in [7, 11) is 0. The fraction of sp³-hybridized carbons (Fsp3) is 0.333. The number of benzene rings is 1. The molecule has 0 bridgehead atoms. The Bertz CT molecular complexity index is 556. The summed E-state index contributed by atoms with van der Waals surface area (Å²) >= 11 is 2.48. The van der Waals surface area contributed by atoms with E-state index >= 15 is 0 Å². The van der Waals surface area contributed by atoms with Crippen molar-refractivity contribution in [3.8, 4) is 0 Å². The number of alkyl halides is 3. The van der Waals surface area contributed by atoms with Crippen molar-refractivity contribution in [1.82, 2.24) is 15.5 Å². The monoisotopic (exact) mass is 319 g/mol. The van der Waals surface area contributed by atoms with E-state index in [2.05, 4.69) is 15.5 Å². The number of nitrogens with one attached hydrogen (secondary N) is 1. The highest BCUT2D eigenvalue weighted by Gasteiger charge is 2.33. The Kier molecular flexibility index (Phi) is 5.00. The zero-order chi connectivity index (χ0) is 14.6. The molecule has 0 atom stereocenters. The molecule has 20 heavy (non-hydrogen) atoms. The van der Waals surface area contributed by atoms with Crippen LogP contribution in [0.2, 0.25) is 0 Å². The lowest BCUT2D eigenvalue weighted by molar-refractivity contribution is -0.138. The zero-order valence-corrected chi connectivity index (χ0v) is 12.2. The Hall–Kier alpha value is -1.12. The second kappa shape index (κ2) is 6.55. The highest BCUT2D eigenvalue weighted by molar-refractivity contribution is 8.01. The van der Waals surface area contributed by atoms with Gasteiger partial charge < -0.3 is 5.32 Å². The molecule has 0 unspecified atom stereocenters. The molecule has 2 rings (SSSR count). The van der Waals surface area contributed by atoms with Gasteiger partial charge in [-0.1, -0.05) is 36.1 Å². The summed E-state index contributed by atoms with van der Waals surface area (Å²) in [6.07, 6.45) is -4.36. The van der Waals surface area contributed by atoms with E-state index in [1.54, 1.807) is 11.6 Å². The van der Waals surface area contributed by atoms with Crippen molar-refractivity contribution < 1.29 is 13.2 Å². The van der Waals surface area contributed by atoms with E-state index < -0.39 is 11.7 Å². The van der Waals surface area contributed by atoms with Gasteiger partial charge in [0, 0.05) is 11.4 Å². The molecule has 2 aromatic rings. The Morgan fingerprint density at radius 1 is 1.35 bits per heavy atom. The van der Waals surface area contributed by atoms with Crippen LogP contribution in [0.5, 0.6) is 0 Å². The van der Waals surface area contributed by atoms with Crippen LogP contribution < -0.4 is 5.32 Å². The fourth-order valence-corrected chi connectivity index (χ4v) is 3.10. The zero-order valence-electron chi connectivity index (χ0n) is 10.6. The molecule has 108 valence electrons. The summed E-state index contributed by atoms with van der Waals surface area (Å²) < 4.78 is 39.8. The smallest absolute Gasteiger partial charge is 0.313 e. The molecule has 8 heteroatoms. The second-order valence-electron chi connectivity index (χ2n) is 3.90. The lowest BCUT2D eigenvalue weighted by atomic mass is 10.1. The molecule has 0 amide bonds. The Balaban J connectivity index is 2.28. The summed E-state index contributed by atoms with van der Waals surface area (Å²) in [5, 5.41) is 10.4. The van der Waals surface area contributed by atoms with Gasteiger partial charge in [-0.05, 0) is 24.2 Å². The van der Waals surface area contributed by atoms with E-state index in [0.717, 1.165) is 0 Å². The first-order valence-corrected chi connectivity index (χ1v) is 7.55. The van der Waals surface area contributed by atoms with E-state index in [1.807, 2.05) is 6.92 Å². The highest BCUT2D eigenvalue weighted by atomic mass is 32.2. The van der Waals surface area contributed by atoms with Crippen LogP contribution in [0.3, 0.4) is 0 Å². The van der Waals surface area contributed by atoms with Crippen LogP contribution in [0.25, 0.3) is 0 Å². The number of hydrogen-bond acceptors (Lipinski definition) is 5. The standard InChI is InChI=1S/C12H12F3N3S2/c1-2-16-6-8-3-4-9(5-10(8)12(13,14)15)20-11-18-17-7-19-11/h3-5,7,16H,2,6H2,1H3. The lowest BCUT2D eigenvalue weighted by Crippen LogP contribution is -2.17. The van der Waals surface area contributed by atoms with Crippen molar-refractivity contribution in [3.63, 3.8) is 0 Å². The van der Waals surface area contributed by atoms with E-state index in [0.29, 0.717) is 15.8 Å². The van der Waals surface area contributed by atoms with Crippen molar-refractivity contribution in [2.24, 2.45) is 0 Å². The van der Waals surface area contributed by atoms with Gasteiger partial charge in [0.2, 0.25) is 0 Å². The molecule has 0 saturated carbocycles.